The molecule has 0 saturated heterocycles. The molecular weight excluding hydrogens is 760 g/mol. The Kier molecular flexibility index (Phi) is 10.7. The first-order chi connectivity index (χ1) is 22.6. The Balaban J connectivity index is 0.000000188. The maximum Gasteiger partial charge on any atom is 0.236 e. The fourth-order valence-corrected chi connectivity index (χ4v) is 7.23. The zero-order valence-electron chi connectivity index (χ0n) is 27.8. The topological polar surface area (TPSA) is 112 Å². The highest BCUT2D eigenvalue weighted by Gasteiger charge is 2.44. The van der Waals surface area contributed by atoms with Crippen molar-refractivity contribution in [1.29, 1.82) is 0 Å². The number of hydrogen-bond donors (Lipinski definition) is 1. The number of carbonyl (C=O) groups excluding carboxylic acids is 2. The zero-order valence-corrected chi connectivity index (χ0v) is 31.8. The van der Waals surface area contributed by atoms with Gasteiger partial charge in [0.05, 0.1) is 18.4 Å². The first-order valence-electron chi connectivity index (χ1n) is 15.7. The summed E-state index contributed by atoms with van der Waals surface area (Å²) in [4.78, 5) is 47.5. The largest absolute Gasteiger partial charge is 0.392 e. The number of nitrogens with zero attached hydrogens (tertiary/aromatic N) is 6. The number of aliphatic hydroxyl groups excluding tert-OH is 1. The molecule has 2 atom stereocenters. The molecule has 6 heterocycles. The van der Waals surface area contributed by atoms with Crippen LogP contribution in [-0.2, 0) is 34.9 Å². The summed E-state index contributed by atoms with van der Waals surface area (Å²) >= 11 is 12.8. The van der Waals surface area contributed by atoms with Crippen LogP contribution in [0, 0.1) is 0 Å². The van der Waals surface area contributed by atoms with E-state index < -0.39 is 0 Å². The molecule has 0 radical (unpaired) electrons. The number of halogens is 3. The maximum atomic E-state index is 13.1. The van der Waals surface area contributed by atoms with Crippen LogP contribution in [-0.4, -0.2) is 47.9 Å². The number of amides is 2. The Morgan fingerprint density at radius 1 is 0.729 bits per heavy atom. The second-order valence-electron chi connectivity index (χ2n) is 13.8. The van der Waals surface area contributed by atoms with Crippen molar-refractivity contribution >= 4 is 66.9 Å². The Bertz CT molecular complexity index is 1710. The normalized spacial score (nSPS) is 17.3. The van der Waals surface area contributed by atoms with Crippen LogP contribution in [0.1, 0.15) is 87.0 Å². The lowest BCUT2D eigenvalue weighted by molar-refractivity contribution is -0.121. The highest BCUT2D eigenvalue weighted by molar-refractivity contribution is 9.10. The van der Waals surface area contributed by atoms with Gasteiger partial charge in [-0.3, -0.25) is 29.4 Å². The summed E-state index contributed by atoms with van der Waals surface area (Å²) in [5.74, 6) is 1.35. The monoisotopic (exact) mass is 796 g/mol. The number of fused-ring (bicyclic) bond motifs is 2. The van der Waals surface area contributed by atoms with Crippen molar-refractivity contribution in [2.45, 2.75) is 89.8 Å². The third kappa shape index (κ3) is 7.34. The van der Waals surface area contributed by atoms with E-state index in [0.717, 1.165) is 54.2 Å². The number of alkyl halides is 1. The number of aliphatic hydroxyl groups is 1. The van der Waals surface area contributed by atoms with Crippen molar-refractivity contribution in [2.24, 2.45) is 0 Å². The molecule has 6 rings (SSSR count). The van der Waals surface area contributed by atoms with Crippen molar-refractivity contribution in [3.05, 3.63) is 104 Å². The van der Waals surface area contributed by atoms with Crippen molar-refractivity contribution in [1.82, 2.24) is 19.9 Å². The first kappa shape index (κ1) is 36.0. The lowest BCUT2D eigenvalue weighted by atomic mass is 9.94. The number of rotatable bonds is 6. The second kappa shape index (κ2) is 14.3. The summed E-state index contributed by atoms with van der Waals surface area (Å²) in [6.07, 6.45) is 7.86. The van der Waals surface area contributed by atoms with Gasteiger partial charge in [-0.1, -0.05) is 12.1 Å². The van der Waals surface area contributed by atoms with E-state index in [1.165, 1.54) is 0 Å². The summed E-state index contributed by atoms with van der Waals surface area (Å²) in [7, 11) is 0. The van der Waals surface area contributed by atoms with Gasteiger partial charge in [-0.05, 0) is 103 Å². The van der Waals surface area contributed by atoms with E-state index in [-0.39, 0.29) is 41.3 Å². The summed E-state index contributed by atoms with van der Waals surface area (Å²) < 4.78 is 1.70. The summed E-state index contributed by atoms with van der Waals surface area (Å²) in [5, 5.41) is 9.59. The number of pyridine rings is 4. The molecule has 0 fully saturated rings. The Hall–Kier alpha value is -3.25. The van der Waals surface area contributed by atoms with E-state index in [9.17, 15) is 14.7 Å². The van der Waals surface area contributed by atoms with Gasteiger partial charge in [-0.15, -0.1) is 11.6 Å². The first-order valence-corrected chi connectivity index (χ1v) is 17.8. The van der Waals surface area contributed by atoms with Crippen LogP contribution < -0.4 is 9.80 Å². The minimum absolute atomic E-state index is 0.0322. The van der Waals surface area contributed by atoms with Crippen molar-refractivity contribution in [3.8, 4) is 0 Å². The predicted molar refractivity (Wildman–Crippen MR) is 195 cm³/mol. The standard InChI is InChI=1S/C18H19BrClN3O.C18H20BrN3O2/c1-18(2,3)23-16-13(5-4-6-21-16)14(17(23)24)8-15-11(9-20)7-12(19)10-22-15;1-18(2,3)22-16-13(5-4-6-20-16)14(17(22)24)8-15-11(10-23)7-12(19)9-21-15/h4-7,10,14H,8-9H2,1-3H3;4-7,9,14,23H,8,10H2,1-3H3. The molecule has 0 saturated carbocycles. The summed E-state index contributed by atoms with van der Waals surface area (Å²) in [6.45, 7) is 12.0. The highest BCUT2D eigenvalue weighted by Crippen LogP contribution is 2.42. The van der Waals surface area contributed by atoms with E-state index in [0.29, 0.717) is 18.7 Å². The molecule has 2 aliphatic heterocycles. The van der Waals surface area contributed by atoms with Crippen LogP contribution in [0.25, 0.3) is 0 Å². The Morgan fingerprint density at radius 3 is 1.54 bits per heavy atom. The zero-order chi connectivity index (χ0) is 35.0. The molecule has 0 aliphatic carbocycles. The fraction of sp³-hybridized carbons (Fsp3) is 0.389. The smallest absolute Gasteiger partial charge is 0.236 e. The fourth-order valence-electron chi connectivity index (χ4n) is 6.24. The number of aromatic nitrogens is 4. The van der Waals surface area contributed by atoms with Crippen LogP contribution >= 0.6 is 43.5 Å². The van der Waals surface area contributed by atoms with E-state index in [4.69, 9.17) is 11.6 Å². The molecule has 252 valence electrons. The van der Waals surface area contributed by atoms with Gasteiger partial charge in [-0.2, -0.15) is 0 Å². The van der Waals surface area contributed by atoms with Gasteiger partial charge in [0.15, 0.2) is 0 Å². The minimum Gasteiger partial charge on any atom is -0.392 e. The Morgan fingerprint density at radius 2 is 1.15 bits per heavy atom. The molecule has 2 unspecified atom stereocenters. The van der Waals surface area contributed by atoms with Gasteiger partial charge in [0, 0.05) is 91.6 Å². The molecule has 2 aliphatic rings. The average Bonchev–Trinajstić information content (AvgIpc) is 3.48. The van der Waals surface area contributed by atoms with Crippen LogP contribution in [0.15, 0.2) is 70.1 Å². The van der Waals surface area contributed by atoms with Gasteiger partial charge in [-0.25, -0.2) is 9.97 Å². The van der Waals surface area contributed by atoms with Crippen molar-refractivity contribution < 1.29 is 14.7 Å². The Labute approximate surface area is 303 Å². The minimum atomic E-state index is -0.345. The lowest BCUT2D eigenvalue weighted by Crippen LogP contribution is -2.45. The van der Waals surface area contributed by atoms with Crippen LogP contribution in [0.5, 0.6) is 0 Å². The summed E-state index contributed by atoms with van der Waals surface area (Å²) in [6, 6.07) is 11.5. The third-order valence-electron chi connectivity index (χ3n) is 8.35. The molecular formula is C36H39Br2ClN6O3. The van der Waals surface area contributed by atoms with E-state index in [1.807, 2.05) is 77.9 Å². The quantitative estimate of drug-likeness (QED) is 0.200. The summed E-state index contributed by atoms with van der Waals surface area (Å²) in [5.41, 5.74) is 4.49. The molecule has 0 aromatic carbocycles. The third-order valence-corrected chi connectivity index (χ3v) is 9.50. The molecule has 4 aromatic rings. The lowest BCUT2D eigenvalue weighted by Gasteiger charge is -2.32. The van der Waals surface area contributed by atoms with Crippen LogP contribution in [0.2, 0.25) is 0 Å². The van der Waals surface area contributed by atoms with Crippen molar-refractivity contribution in [3.63, 3.8) is 0 Å². The highest BCUT2D eigenvalue weighted by atomic mass is 79.9. The average molecular weight is 799 g/mol. The number of carbonyl (C=O) groups is 2. The molecule has 0 bridgehead atoms. The van der Waals surface area contributed by atoms with E-state index >= 15 is 0 Å². The van der Waals surface area contributed by atoms with Crippen LogP contribution in [0.3, 0.4) is 0 Å². The van der Waals surface area contributed by atoms with E-state index in [2.05, 4.69) is 51.8 Å². The molecule has 0 spiro atoms. The second-order valence-corrected chi connectivity index (χ2v) is 15.9. The van der Waals surface area contributed by atoms with Gasteiger partial charge in [0.25, 0.3) is 0 Å². The predicted octanol–water partition coefficient (Wildman–Crippen LogP) is 7.65. The molecule has 2 amide bonds. The molecule has 48 heavy (non-hydrogen) atoms. The molecule has 4 aromatic heterocycles. The maximum absolute atomic E-state index is 13.1. The SMILES string of the molecule is CC(C)(C)N1C(=O)C(Cc2ncc(Br)cc2CCl)c2cccnc21.CC(C)(C)N1C(=O)C(Cc2ncc(Br)cc2CO)c2cccnc21. The molecule has 12 heteroatoms. The molecule has 1 N–H and O–H groups in total. The van der Waals surface area contributed by atoms with Crippen molar-refractivity contribution in [2.75, 3.05) is 9.80 Å². The van der Waals surface area contributed by atoms with E-state index in [1.54, 1.807) is 34.6 Å². The van der Waals surface area contributed by atoms with Gasteiger partial charge in [0.1, 0.15) is 11.6 Å². The van der Waals surface area contributed by atoms with Gasteiger partial charge >= 0.3 is 0 Å². The van der Waals surface area contributed by atoms with Crippen LogP contribution in [0.4, 0.5) is 11.6 Å². The van der Waals surface area contributed by atoms with Gasteiger partial charge < -0.3 is 5.11 Å². The molecule has 9 nitrogen and oxygen atoms in total. The number of hydrogen-bond acceptors (Lipinski definition) is 7. The van der Waals surface area contributed by atoms with Gasteiger partial charge in [0.2, 0.25) is 11.8 Å². The number of anilines is 2.